The van der Waals surface area contributed by atoms with E-state index >= 15 is 0 Å². The van der Waals surface area contributed by atoms with Gasteiger partial charge in [0.2, 0.25) is 5.91 Å². The first-order valence-corrected chi connectivity index (χ1v) is 9.81. The topological polar surface area (TPSA) is 41.6 Å². The minimum Gasteiger partial charge on any atom is -0.496 e. The maximum Gasteiger partial charge on any atom is 0.237 e. The predicted molar refractivity (Wildman–Crippen MR) is 110 cm³/mol. The molecular weight excluding hydrogens is 336 g/mol. The molecule has 2 aromatic rings. The largest absolute Gasteiger partial charge is 0.496 e. The van der Waals surface area contributed by atoms with Crippen LogP contribution >= 0.6 is 0 Å². The molecule has 2 aromatic carbocycles. The zero-order chi connectivity index (χ0) is 19.2. The fourth-order valence-corrected chi connectivity index (χ4v) is 3.24. The average Bonchev–Trinajstić information content (AvgIpc) is 3.50. The Labute approximate surface area is 162 Å². The number of rotatable bonds is 9. The Balaban J connectivity index is 1.64. The lowest BCUT2D eigenvalue weighted by atomic mass is 10.0. The van der Waals surface area contributed by atoms with Gasteiger partial charge in [-0.25, -0.2) is 0 Å². The number of nitrogens with one attached hydrogen (secondary N) is 1. The molecule has 1 N–H and O–H groups in total. The number of amides is 1. The fraction of sp³-hybridized carbons (Fsp3) is 0.435. The van der Waals surface area contributed by atoms with Gasteiger partial charge in [-0.15, -0.1) is 0 Å². The zero-order valence-corrected chi connectivity index (χ0v) is 16.6. The Kier molecular flexibility index (Phi) is 6.51. The molecule has 4 nitrogen and oxygen atoms in total. The molecule has 0 radical (unpaired) electrons. The van der Waals surface area contributed by atoms with Gasteiger partial charge in [0.05, 0.1) is 13.7 Å². The van der Waals surface area contributed by atoms with Gasteiger partial charge in [-0.2, -0.15) is 0 Å². The Morgan fingerprint density at radius 2 is 1.85 bits per heavy atom. The second-order valence-corrected chi connectivity index (χ2v) is 7.59. The predicted octanol–water partition coefficient (Wildman–Crippen LogP) is 4.10. The maximum atomic E-state index is 12.6. The Bertz CT molecular complexity index is 751. The highest BCUT2D eigenvalue weighted by Gasteiger charge is 2.22. The van der Waals surface area contributed by atoms with E-state index in [0.29, 0.717) is 13.1 Å². The SMILES string of the molecule is COc1ccccc1-c1ccc(CN(C(=O)CNCC2CC2)C(C)C)cc1. The molecule has 0 unspecified atom stereocenters. The summed E-state index contributed by atoms with van der Waals surface area (Å²) in [6.45, 7) is 6.16. The van der Waals surface area contributed by atoms with Crippen molar-refractivity contribution in [1.29, 1.82) is 0 Å². The van der Waals surface area contributed by atoms with Crippen molar-refractivity contribution in [2.24, 2.45) is 5.92 Å². The van der Waals surface area contributed by atoms with Crippen molar-refractivity contribution in [3.8, 4) is 16.9 Å². The highest BCUT2D eigenvalue weighted by molar-refractivity contribution is 5.78. The van der Waals surface area contributed by atoms with Gasteiger partial charge in [0.15, 0.2) is 0 Å². The number of benzene rings is 2. The van der Waals surface area contributed by atoms with Crippen molar-refractivity contribution in [2.75, 3.05) is 20.2 Å². The fourth-order valence-electron chi connectivity index (χ4n) is 3.24. The first-order valence-electron chi connectivity index (χ1n) is 9.81. The van der Waals surface area contributed by atoms with Crippen LogP contribution < -0.4 is 10.1 Å². The second-order valence-electron chi connectivity index (χ2n) is 7.59. The molecule has 0 aromatic heterocycles. The summed E-state index contributed by atoms with van der Waals surface area (Å²) in [5.41, 5.74) is 3.33. The van der Waals surface area contributed by atoms with Gasteiger partial charge in [0.25, 0.3) is 0 Å². The number of hydrogen-bond donors (Lipinski definition) is 1. The first-order chi connectivity index (χ1) is 13.1. The number of carbonyl (C=O) groups is 1. The van der Waals surface area contributed by atoms with Crippen LogP contribution in [-0.2, 0) is 11.3 Å². The molecule has 0 heterocycles. The van der Waals surface area contributed by atoms with Gasteiger partial charge in [0.1, 0.15) is 5.75 Å². The molecule has 0 spiro atoms. The van der Waals surface area contributed by atoms with Crippen LogP contribution in [0.1, 0.15) is 32.3 Å². The van der Waals surface area contributed by atoms with E-state index in [1.54, 1.807) is 7.11 Å². The zero-order valence-electron chi connectivity index (χ0n) is 16.6. The quantitative estimate of drug-likeness (QED) is 0.726. The lowest BCUT2D eigenvalue weighted by Gasteiger charge is -2.27. The third kappa shape index (κ3) is 5.33. The van der Waals surface area contributed by atoms with Gasteiger partial charge < -0.3 is 15.0 Å². The number of ether oxygens (including phenoxy) is 1. The van der Waals surface area contributed by atoms with E-state index < -0.39 is 0 Å². The maximum absolute atomic E-state index is 12.6. The van der Waals surface area contributed by atoms with Crippen LogP contribution in [0.15, 0.2) is 48.5 Å². The Morgan fingerprint density at radius 3 is 2.48 bits per heavy atom. The van der Waals surface area contributed by atoms with Crippen LogP contribution in [0.25, 0.3) is 11.1 Å². The van der Waals surface area contributed by atoms with Crippen molar-refractivity contribution >= 4 is 5.91 Å². The van der Waals surface area contributed by atoms with Gasteiger partial charge in [0, 0.05) is 18.2 Å². The number of nitrogens with zero attached hydrogens (tertiary/aromatic N) is 1. The lowest BCUT2D eigenvalue weighted by Crippen LogP contribution is -2.42. The van der Waals surface area contributed by atoms with E-state index in [9.17, 15) is 4.79 Å². The summed E-state index contributed by atoms with van der Waals surface area (Å²) in [5, 5.41) is 3.31. The minimum absolute atomic E-state index is 0.166. The molecule has 0 saturated heterocycles. The molecule has 0 bridgehead atoms. The van der Waals surface area contributed by atoms with Crippen LogP contribution in [0.3, 0.4) is 0 Å². The van der Waals surface area contributed by atoms with Gasteiger partial charge in [-0.1, -0.05) is 42.5 Å². The summed E-state index contributed by atoms with van der Waals surface area (Å²) in [7, 11) is 1.69. The monoisotopic (exact) mass is 366 g/mol. The smallest absolute Gasteiger partial charge is 0.237 e. The molecule has 1 amide bonds. The van der Waals surface area contributed by atoms with Crippen molar-refractivity contribution in [1.82, 2.24) is 10.2 Å². The van der Waals surface area contributed by atoms with Gasteiger partial charge in [-0.3, -0.25) is 4.79 Å². The molecule has 1 fully saturated rings. The average molecular weight is 367 g/mol. The second kappa shape index (κ2) is 9.05. The van der Waals surface area contributed by atoms with E-state index in [1.165, 1.54) is 12.8 Å². The third-order valence-corrected chi connectivity index (χ3v) is 5.07. The van der Waals surface area contributed by atoms with Crippen molar-refractivity contribution in [3.63, 3.8) is 0 Å². The highest BCUT2D eigenvalue weighted by Crippen LogP contribution is 2.30. The van der Waals surface area contributed by atoms with Crippen LogP contribution in [0, 0.1) is 5.92 Å². The Morgan fingerprint density at radius 1 is 1.15 bits per heavy atom. The number of carbonyl (C=O) groups excluding carboxylic acids is 1. The molecular formula is C23H30N2O2. The van der Waals surface area contributed by atoms with Crippen molar-refractivity contribution in [3.05, 3.63) is 54.1 Å². The molecule has 1 aliphatic rings. The highest BCUT2D eigenvalue weighted by atomic mass is 16.5. The summed E-state index contributed by atoms with van der Waals surface area (Å²) < 4.78 is 5.46. The van der Waals surface area contributed by atoms with E-state index in [-0.39, 0.29) is 11.9 Å². The molecule has 0 atom stereocenters. The molecule has 1 aliphatic carbocycles. The van der Waals surface area contributed by atoms with E-state index in [4.69, 9.17) is 4.74 Å². The summed E-state index contributed by atoms with van der Waals surface area (Å²) in [6.07, 6.45) is 2.60. The van der Waals surface area contributed by atoms with E-state index in [1.807, 2.05) is 23.1 Å². The summed E-state index contributed by atoms with van der Waals surface area (Å²) in [6, 6.07) is 16.6. The third-order valence-electron chi connectivity index (χ3n) is 5.07. The number of methoxy groups -OCH3 is 1. The van der Waals surface area contributed by atoms with Crippen LogP contribution in [-0.4, -0.2) is 37.0 Å². The van der Waals surface area contributed by atoms with Gasteiger partial charge >= 0.3 is 0 Å². The Hall–Kier alpha value is -2.33. The van der Waals surface area contributed by atoms with E-state index in [0.717, 1.165) is 34.9 Å². The molecule has 144 valence electrons. The lowest BCUT2D eigenvalue weighted by molar-refractivity contribution is -0.132. The summed E-state index contributed by atoms with van der Waals surface area (Å²) in [4.78, 5) is 14.6. The normalized spacial score (nSPS) is 13.6. The number of para-hydroxylation sites is 1. The summed E-state index contributed by atoms with van der Waals surface area (Å²) >= 11 is 0. The molecule has 0 aliphatic heterocycles. The van der Waals surface area contributed by atoms with Crippen LogP contribution in [0.5, 0.6) is 5.75 Å². The molecule has 3 rings (SSSR count). The van der Waals surface area contributed by atoms with Crippen LogP contribution in [0.4, 0.5) is 0 Å². The van der Waals surface area contributed by atoms with Crippen molar-refractivity contribution in [2.45, 2.75) is 39.3 Å². The number of hydrogen-bond acceptors (Lipinski definition) is 3. The summed E-state index contributed by atoms with van der Waals surface area (Å²) in [5.74, 6) is 1.82. The van der Waals surface area contributed by atoms with Crippen LogP contribution in [0.2, 0.25) is 0 Å². The minimum atomic E-state index is 0.166. The van der Waals surface area contributed by atoms with Gasteiger partial charge in [-0.05, 0) is 56.3 Å². The standard InChI is InChI=1S/C23H30N2O2/c1-17(2)25(23(26)15-24-14-18-8-9-18)16-19-10-12-20(13-11-19)21-6-4-5-7-22(21)27-3/h4-7,10-13,17-18,24H,8-9,14-16H2,1-3H3. The van der Waals surface area contributed by atoms with E-state index in [2.05, 4.69) is 49.5 Å². The molecule has 4 heteroatoms. The van der Waals surface area contributed by atoms with Crippen molar-refractivity contribution < 1.29 is 9.53 Å². The molecule has 27 heavy (non-hydrogen) atoms. The first kappa shape index (κ1) is 19.4. The molecule has 1 saturated carbocycles.